The van der Waals surface area contributed by atoms with E-state index in [1.165, 1.54) is 11.1 Å². The van der Waals surface area contributed by atoms with Gasteiger partial charge >= 0.3 is 0 Å². The zero-order chi connectivity index (χ0) is 21.6. The number of nitrogens with zero attached hydrogens (tertiary/aromatic N) is 6. The average molecular weight is 437 g/mol. The van der Waals surface area contributed by atoms with Gasteiger partial charge in [-0.25, -0.2) is 0 Å². The molecule has 0 spiro atoms. The first kappa shape index (κ1) is 21.3. The number of aromatic nitrogens is 2. The van der Waals surface area contributed by atoms with Crippen molar-refractivity contribution in [1.82, 2.24) is 29.9 Å². The minimum atomic E-state index is 0.879. The van der Waals surface area contributed by atoms with Crippen molar-refractivity contribution in [3.63, 3.8) is 0 Å². The molecule has 5 rings (SSSR count). The molecule has 1 aromatic carbocycles. The van der Waals surface area contributed by atoms with Gasteiger partial charge in [-0.1, -0.05) is 34.6 Å². The zero-order valence-electron chi connectivity index (χ0n) is 18.6. The highest BCUT2D eigenvalue weighted by Gasteiger charge is 2.21. The van der Waals surface area contributed by atoms with Crippen LogP contribution in [0.15, 0.2) is 58.0 Å². The highest BCUT2D eigenvalue weighted by atomic mass is 16.5. The Kier molecular flexibility index (Phi) is 6.93. The summed E-state index contributed by atoms with van der Waals surface area (Å²) in [5.74, 6) is 0. The number of hydrogen-bond donors (Lipinski definition) is 0. The van der Waals surface area contributed by atoms with Crippen LogP contribution in [0.2, 0.25) is 0 Å². The van der Waals surface area contributed by atoms with Crippen LogP contribution in [-0.2, 0) is 26.2 Å². The summed E-state index contributed by atoms with van der Waals surface area (Å²) in [6.07, 6.45) is 3.30. The fourth-order valence-corrected chi connectivity index (χ4v) is 4.66. The van der Waals surface area contributed by atoms with Crippen LogP contribution in [-0.4, -0.2) is 82.3 Å². The fourth-order valence-electron chi connectivity index (χ4n) is 4.66. The lowest BCUT2D eigenvalue weighted by atomic mass is 10.1. The zero-order valence-corrected chi connectivity index (χ0v) is 18.6. The summed E-state index contributed by atoms with van der Waals surface area (Å²) >= 11 is 0. The van der Waals surface area contributed by atoms with E-state index < -0.39 is 0 Å². The van der Waals surface area contributed by atoms with Gasteiger partial charge in [0.15, 0.2) is 0 Å². The monoisotopic (exact) mass is 436 g/mol. The molecule has 2 saturated heterocycles. The lowest BCUT2D eigenvalue weighted by Gasteiger charge is -2.36. The van der Waals surface area contributed by atoms with Gasteiger partial charge < -0.3 is 9.05 Å². The fraction of sp³-hybridized carbons (Fsp3) is 0.500. The molecule has 2 fully saturated rings. The Morgan fingerprint density at radius 2 is 0.906 bits per heavy atom. The molecule has 170 valence electrons. The van der Waals surface area contributed by atoms with Crippen LogP contribution < -0.4 is 0 Å². The molecule has 4 heterocycles. The van der Waals surface area contributed by atoms with Crippen LogP contribution in [0.25, 0.3) is 0 Å². The lowest BCUT2D eigenvalue weighted by molar-refractivity contribution is 0.114. The Balaban J connectivity index is 1.10. The molecule has 8 heteroatoms. The van der Waals surface area contributed by atoms with E-state index in [1.807, 2.05) is 12.1 Å². The summed E-state index contributed by atoms with van der Waals surface area (Å²) < 4.78 is 9.92. The first-order chi connectivity index (χ1) is 15.8. The van der Waals surface area contributed by atoms with Crippen LogP contribution in [0, 0.1) is 0 Å². The van der Waals surface area contributed by atoms with Gasteiger partial charge in [-0.3, -0.25) is 19.6 Å². The number of rotatable bonds is 8. The normalized spacial score (nSPS) is 19.5. The van der Waals surface area contributed by atoms with E-state index in [0.29, 0.717) is 0 Å². The Labute approximate surface area is 189 Å². The second-order valence-corrected chi connectivity index (χ2v) is 8.85. The van der Waals surface area contributed by atoms with Crippen LogP contribution in [0.1, 0.15) is 22.5 Å². The molecule has 0 N–H and O–H groups in total. The number of hydrogen-bond acceptors (Lipinski definition) is 8. The van der Waals surface area contributed by atoms with Crippen molar-refractivity contribution in [2.45, 2.75) is 26.2 Å². The van der Waals surface area contributed by atoms with E-state index in [4.69, 9.17) is 9.05 Å². The molecule has 8 nitrogen and oxygen atoms in total. The lowest BCUT2D eigenvalue weighted by Crippen LogP contribution is -2.46. The van der Waals surface area contributed by atoms with Crippen LogP contribution >= 0.6 is 0 Å². The topological polar surface area (TPSA) is 65.0 Å². The Morgan fingerprint density at radius 3 is 1.25 bits per heavy atom. The maximum atomic E-state index is 4.96. The number of piperazine rings is 2. The van der Waals surface area contributed by atoms with Crippen LogP contribution in [0.3, 0.4) is 0 Å². The van der Waals surface area contributed by atoms with Crippen LogP contribution in [0.4, 0.5) is 0 Å². The van der Waals surface area contributed by atoms with Gasteiger partial charge in [-0.2, -0.15) is 0 Å². The molecule has 0 bridgehead atoms. The van der Waals surface area contributed by atoms with E-state index in [1.54, 1.807) is 12.5 Å². The predicted octanol–water partition coefficient (Wildman–Crippen LogP) is 2.30. The second-order valence-electron chi connectivity index (χ2n) is 8.85. The van der Waals surface area contributed by atoms with Gasteiger partial charge in [0.05, 0.1) is 11.4 Å². The van der Waals surface area contributed by atoms with Crippen molar-refractivity contribution < 1.29 is 9.05 Å². The molecule has 3 aromatic rings. The summed E-state index contributed by atoms with van der Waals surface area (Å²) in [6, 6.07) is 12.9. The van der Waals surface area contributed by atoms with Gasteiger partial charge in [-0.15, -0.1) is 0 Å². The quantitative estimate of drug-likeness (QED) is 0.533. The Morgan fingerprint density at radius 1 is 0.531 bits per heavy atom. The van der Waals surface area contributed by atoms with E-state index in [0.717, 1.165) is 89.9 Å². The smallest absolute Gasteiger partial charge is 0.124 e. The Hall–Kier alpha value is -2.52. The highest BCUT2D eigenvalue weighted by Crippen LogP contribution is 2.18. The maximum Gasteiger partial charge on any atom is 0.124 e. The third-order valence-corrected chi connectivity index (χ3v) is 6.59. The second kappa shape index (κ2) is 10.4. The molecule has 0 atom stereocenters. The Bertz CT molecular complexity index is 852. The van der Waals surface area contributed by atoms with Crippen molar-refractivity contribution in [2.24, 2.45) is 0 Å². The molecule has 32 heavy (non-hydrogen) atoms. The standard InChI is InChI=1S/C24H32N6O2/c1-2-4-22(18-28-9-13-30(14-10-28)20-24-6-16-32-26-24)21(3-1)17-27-7-11-29(12-8-27)19-23-5-15-31-25-23/h1-6,15-16H,7-14,17-20H2. The van der Waals surface area contributed by atoms with Gasteiger partial charge in [0, 0.05) is 90.7 Å². The van der Waals surface area contributed by atoms with E-state index in [2.05, 4.69) is 54.2 Å². The van der Waals surface area contributed by atoms with Gasteiger partial charge in [0.1, 0.15) is 12.5 Å². The summed E-state index contributed by atoms with van der Waals surface area (Å²) in [6.45, 7) is 12.5. The first-order valence-corrected chi connectivity index (χ1v) is 11.6. The minimum Gasteiger partial charge on any atom is -0.364 e. The van der Waals surface area contributed by atoms with Gasteiger partial charge in [-0.05, 0) is 11.1 Å². The minimum absolute atomic E-state index is 0.879. The molecule has 2 aliphatic heterocycles. The van der Waals surface area contributed by atoms with Crippen molar-refractivity contribution in [3.05, 3.63) is 71.4 Å². The largest absolute Gasteiger partial charge is 0.364 e. The number of benzene rings is 1. The summed E-state index contributed by atoms with van der Waals surface area (Å²) in [7, 11) is 0. The van der Waals surface area contributed by atoms with E-state index in [9.17, 15) is 0 Å². The highest BCUT2D eigenvalue weighted by molar-refractivity contribution is 5.27. The first-order valence-electron chi connectivity index (χ1n) is 11.6. The van der Waals surface area contributed by atoms with Gasteiger partial charge in [0.2, 0.25) is 0 Å². The molecule has 0 unspecified atom stereocenters. The molecular formula is C24H32N6O2. The summed E-state index contributed by atoms with van der Waals surface area (Å²) in [5, 5.41) is 8.08. The van der Waals surface area contributed by atoms with Gasteiger partial charge in [0.25, 0.3) is 0 Å². The average Bonchev–Trinajstić information content (AvgIpc) is 3.52. The van der Waals surface area contributed by atoms with Crippen molar-refractivity contribution in [3.8, 4) is 0 Å². The molecule has 0 radical (unpaired) electrons. The predicted molar refractivity (Wildman–Crippen MR) is 121 cm³/mol. The SMILES string of the molecule is c1ccc(CN2CCN(Cc3ccon3)CC2)c(CN2CCN(Cc3ccon3)CC2)c1. The van der Waals surface area contributed by atoms with Crippen molar-refractivity contribution >= 4 is 0 Å². The van der Waals surface area contributed by atoms with E-state index in [-0.39, 0.29) is 0 Å². The molecular weight excluding hydrogens is 404 g/mol. The maximum absolute atomic E-state index is 4.96. The third kappa shape index (κ3) is 5.63. The van der Waals surface area contributed by atoms with Crippen LogP contribution in [0.5, 0.6) is 0 Å². The molecule has 2 aliphatic rings. The van der Waals surface area contributed by atoms with Crippen molar-refractivity contribution in [2.75, 3.05) is 52.4 Å². The summed E-state index contributed by atoms with van der Waals surface area (Å²) in [5.41, 5.74) is 4.96. The molecule has 0 amide bonds. The molecule has 0 aliphatic carbocycles. The third-order valence-electron chi connectivity index (χ3n) is 6.59. The van der Waals surface area contributed by atoms with Crippen molar-refractivity contribution in [1.29, 1.82) is 0 Å². The molecule has 0 saturated carbocycles. The summed E-state index contributed by atoms with van der Waals surface area (Å²) in [4.78, 5) is 10.1. The van der Waals surface area contributed by atoms with E-state index >= 15 is 0 Å². The molecule has 2 aromatic heterocycles.